The summed E-state index contributed by atoms with van der Waals surface area (Å²) in [5, 5.41) is 14.4. The molecule has 17 heavy (non-hydrogen) atoms. The molecule has 2 aromatic carbocycles. The molecule has 0 aliphatic heterocycles. The fraction of sp³-hybridized carbons (Fsp3) is 0.0714. The van der Waals surface area contributed by atoms with E-state index in [0.717, 1.165) is 0 Å². The predicted molar refractivity (Wildman–Crippen MR) is 65.3 cm³/mol. The number of anilines is 1. The van der Waals surface area contributed by atoms with Gasteiger partial charge in [0, 0.05) is 11.3 Å². The molecule has 1 N–H and O–H groups in total. The standard InChI is InChI=1S/C14H12NO2/c16-13(11-7-3-1-4-8-11)14(17)15-12-9-5-2-6-10-12/h1-10,14-15H. The van der Waals surface area contributed by atoms with E-state index in [9.17, 15) is 9.90 Å². The fourth-order valence-corrected chi connectivity index (χ4v) is 1.51. The molecule has 2 rings (SSSR count). The van der Waals surface area contributed by atoms with E-state index in [1.807, 2.05) is 18.2 Å². The van der Waals surface area contributed by atoms with Crippen molar-refractivity contribution in [3.63, 3.8) is 0 Å². The van der Waals surface area contributed by atoms with Crippen molar-refractivity contribution < 1.29 is 9.90 Å². The minimum absolute atomic E-state index is 0.427. The maximum atomic E-state index is 11.8. The third-order valence-electron chi connectivity index (χ3n) is 2.37. The Balaban J connectivity index is 2.06. The average Bonchev–Trinajstić information content (AvgIpc) is 2.40. The van der Waals surface area contributed by atoms with Crippen LogP contribution >= 0.6 is 0 Å². The van der Waals surface area contributed by atoms with Crippen LogP contribution in [-0.4, -0.2) is 12.0 Å². The second-order valence-electron chi connectivity index (χ2n) is 3.62. The number of carbonyl (C=O) groups excluding carboxylic acids is 1. The molecule has 0 saturated heterocycles. The van der Waals surface area contributed by atoms with E-state index in [1.54, 1.807) is 42.5 Å². The van der Waals surface area contributed by atoms with E-state index in [4.69, 9.17) is 0 Å². The highest BCUT2D eigenvalue weighted by Gasteiger charge is 2.17. The van der Waals surface area contributed by atoms with Gasteiger partial charge in [-0.3, -0.25) is 4.79 Å². The summed E-state index contributed by atoms with van der Waals surface area (Å²) in [5.74, 6) is -0.450. The zero-order valence-electron chi connectivity index (χ0n) is 9.17. The molecule has 1 unspecified atom stereocenters. The minimum atomic E-state index is -1.47. The smallest absolute Gasteiger partial charge is 0.226 e. The first-order valence-corrected chi connectivity index (χ1v) is 5.34. The van der Waals surface area contributed by atoms with Crippen LogP contribution in [0.1, 0.15) is 10.4 Å². The lowest BCUT2D eigenvalue weighted by Crippen LogP contribution is -2.27. The SMILES string of the molecule is [O]C(Nc1ccccc1)C(=O)c1ccccc1. The highest BCUT2D eigenvalue weighted by atomic mass is 16.3. The molecule has 2 aromatic rings. The predicted octanol–water partition coefficient (Wildman–Crippen LogP) is 2.74. The van der Waals surface area contributed by atoms with Gasteiger partial charge in [0.1, 0.15) is 0 Å². The lowest BCUT2D eigenvalue weighted by Gasteiger charge is -2.10. The Hall–Kier alpha value is -2.13. The van der Waals surface area contributed by atoms with Crippen molar-refractivity contribution in [2.75, 3.05) is 5.32 Å². The zero-order valence-corrected chi connectivity index (χ0v) is 9.17. The highest BCUT2D eigenvalue weighted by molar-refractivity contribution is 6.00. The molecular formula is C14H12NO2. The average molecular weight is 226 g/mol. The van der Waals surface area contributed by atoms with E-state index in [2.05, 4.69) is 5.32 Å². The van der Waals surface area contributed by atoms with E-state index in [0.29, 0.717) is 11.3 Å². The molecule has 1 atom stereocenters. The molecule has 0 aliphatic rings. The summed E-state index contributed by atoms with van der Waals surface area (Å²) in [4.78, 5) is 11.8. The van der Waals surface area contributed by atoms with Crippen LogP contribution in [0.25, 0.3) is 0 Å². The summed E-state index contributed by atoms with van der Waals surface area (Å²) in [6.07, 6.45) is -1.47. The van der Waals surface area contributed by atoms with Crippen LogP contribution in [-0.2, 0) is 5.11 Å². The van der Waals surface area contributed by atoms with Crippen LogP contribution in [0.15, 0.2) is 60.7 Å². The number of Topliss-reactive ketones (excluding diaryl/α,β-unsaturated/α-hetero) is 1. The molecule has 0 fully saturated rings. The van der Waals surface area contributed by atoms with Crippen LogP contribution in [0.4, 0.5) is 5.69 Å². The molecule has 3 heteroatoms. The zero-order chi connectivity index (χ0) is 12.1. The number of hydrogen-bond donors (Lipinski definition) is 1. The minimum Gasteiger partial charge on any atom is -0.351 e. The van der Waals surface area contributed by atoms with Gasteiger partial charge in [-0.1, -0.05) is 48.5 Å². The molecular weight excluding hydrogens is 214 g/mol. The Morgan fingerprint density at radius 2 is 1.41 bits per heavy atom. The van der Waals surface area contributed by atoms with Gasteiger partial charge in [-0.2, -0.15) is 0 Å². The van der Waals surface area contributed by atoms with Crippen LogP contribution in [0.2, 0.25) is 0 Å². The molecule has 0 bridgehead atoms. The van der Waals surface area contributed by atoms with Crippen molar-refractivity contribution in [1.82, 2.24) is 0 Å². The maximum Gasteiger partial charge on any atom is 0.226 e. The van der Waals surface area contributed by atoms with Gasteiger partial charge >= 0.3 is 0 Å². The van der Waals surface area contributed by atoms with E-state index in [-0.39, 0.29) is 0 Å². The van der Waals surface area contributed by atoms with Gasteiger partial charge in [-0.05, 0) is 12.1 Å². The van der Waals surface area contributed by atoms with Crippen LogP contribution in [0, 0.1) is 0 Å². The summed E-state index contributed by atoms with van der Waals surface area (Å²) >= 11 is 0. The molecule has 1 radical (unpaired) electrons. The van der Waals surface area contributed by atoms with Crippen molar-refractivity contribution in [1.29, 1.82) is 0 Å². The third-order valence-corrected chi connectivity index (χ3v) is 2.37. The van der Waals surface area contributed by atoms with Gasteiger partial charge in [-0.25, -0.2) is 5.11 Å². The maximum absolute atomic E-state index is 11.8. The lowest BCUT2D eigenvalue weighted by molar-refractivity contribution is 0.0630. The molecule has 0 aromatic heterocycles. The number of nitrogens with one attached hydrogen (secondary N) is 1. The van der Waals surface area contributed by atoms with Gasteiger partial charge in [0.2, 0.25) is 12.0 Å². The summed E-state index contributed by atoms with van der Waals surface area (Å²) in [6.45, 7) is 0. The molecule has 0 heterocycles. The third kappa shape index (κ3) is 2.92. The molecule has 85 valence electrons. The molecule has 0 amide bonds. The number of carbonyl (C=O) groups is 1. The van der Waals surface area contributed by atoms with Crippen LogP contribution in [0.3, 0.4) is 0 Å². The number of benzene rings is 2. The van der Waals surface area contributed by atoms with Crippen LogP contribution in [0.5, 0.6) is 0 Å². The summed E-state index contributed by atoms with van der Waals surface area (Å²) in [5.41, 5.74) is 1.08. The van der Waals surface area contributed by atoms with Gasteiger partial charge < -0.3 is 5.32 Å². The number of hydrogen-bond acceptors (Lipinski definition) is 2. The Kier molecular flexibility index (Phi) is 3.52. The normalized spacial score (nSPS) is 11.8. The van der Waals surface area contributed by atoms with Crippen molar-refractivity contribution in [3.05, 3.63) is 66.2 Å². The monoisotopic (exact) mass is 226 g/mol. The van der Waals surface area contributed by atoms with Gasteiger partial charge in [0.25, 0.3) is 0 Å². The molecule has 0 saturated carbocycles. The van der Waals surface area contributed by atoms with Crippen molar-refractivity contribution in [2.45, 2.75) is 6.23 Å². The first-order chi connectivity index (χ1) is 8.27. The van der Waals surface area contributed by atoms with Crippen molar-refractivity contribution in [2.24, 2.45) is 0 Å². The fourth-order valence-electron chi connectivity index (χ4n) is 1.51. The largest absolute Gasteiger partial charge is 0.351 e. The van der Waals surface area contributed by atoms with E-state index >= 15 is 0 Å². The number of ketones is 1. The Morgan fingerprint density at radius 3 is 2.00 bits per heavy atom. The Morgan fingerprint density at radius 1 is 0.882 bits per heavy atom. The first kappa shape index (κ1) is 11.4. The second-order valence-corrected chi connectivity index (χ2v) is 3.62. The topological polar surface area (TPSA) is 49.0 Å². The number of para-hydroxylation sites is 1. The summed E-state index contributed by atoms with van der Waals surface area (Å²) < 4.78 is 0. The Bertz CT molecular complexity index is 482. The highest BCUT2D eigenvalue weighted by Crippen LogP contribution is 2.09. The quantitative estimate of drug-likeness (QED) is 0.643. The molecule has 0 spiro atoms. The summed E-state index contributed by atoms with van der Waals surface area (Å²) in [7, 11) is 0. The van der Waals surface area contributed by atoms with Gasteiger partial charge in [-0.15, -0.1) is 0 Å². The van der Waals surface area contributed by atoms with Crippen molar-refractivity contribution >= 4 is 11.5 Å². The van der Waals surface area contributed by atoms with Gasteiger partial charge in [0.05, 0.1) is 0 Å². The first-order valence-electron chi connectivity index (χ1n) is 5.34. The number of rotatable bonds is 4. The Labute approximate surface area is 99.7 Å². The lowest BCUT2D eigenvalue weighted by atomic mass is 10.1. The summed E-state index contributed by atoms with van der Waals surface area (Å²) in [6, 6.07) is 17.5. The molecule has 3 nitrogen and oxygen atoms in total. The van der Waals surface area contributed by atoms with E-state index < -0.39 is 12.0 Å². The molecule has 0 aliphatic carbocycles. The van der Waals surface area contributed by atoms with Crippen molar-refractivity contribution in [3.8, 4) is 0 Å². The second kappa shape index (κ2) is 5.27. The van der Waals surface area contributed by atoms with Crippen LogP contribution < -0.4 is 5.32 Å². The van der Waals surface area contributed by atoms with Gasteiger partial charge in [0.15, 0.2) is 0 Å². The van der Waals surface area contributed by atoms with E-state index in [1.165, 1.54) is 0 Å².